The summed E-state index contributed by atoms with van der Waals surface area (Å²) in [6.07, 6.45) is 0.616. The summed E-state index contributed by atoms with van der Waals surface area (Å²) in [5.74, 6) is 0.698. The Labute approximate surface area is 104 Å². The molecule has 0 fully saturated rings. The maximum absolute atomic E-state index is 11.8. The van der Waals surface area contributed by atoms with Crippen molar-refractivity contribution in [3.05, 3.63) is 28.4 Å². The second-order valence-electron chi connectivity index (χ2n) is 3.16. The zero-order chi connectivity index (χ0) is 10.8. The molecule has 0 atom stereocenters. The Balaban J connectivity index is 0.00000128. The van der Waals surface area contributed by atoms with Gasteiger partial charge in [-0.3, -0.25) is 0 Å². The lowest BCUT2D eigenvalue weighted by Gasteiger charge is -1.99. The van der Waals surface area contributed by atoms with Crippen LogP contribution >= 0.6 is 23.7 Å². The normalized spacial score (nSPS) is 10.1. The SMILES string of the molecule is COc1ccc2sc(CCN)[n+]([O-])c2c1.Cl. The molecule has 88 valence electrons. The summed E-state index contributed by atoms with van der Waals surface area (Å²) in [5, 5.41) is 12.6. The van der Waals surface area contributed by atoms with E-state index in [9.17, 15) is 5.21 Å². The first-order valence-electron chi connectivity index (χ1n) is 4.65. The molecule has 0 aliphatic heterocycles. The van der Waals surface area contributed by atoms with Crippen LogP contribution in [-0.2, 0) is 6.42 Å². The van der Waals surface area contributed by atoms with Crippen molar-refractivity contribution in [3.63, 3.8) is 0 Å². The molecule has 0 amide bonds. The van der Waals surface area contributed by atoms with E-state index in [4.69, 9.17) is 10.5 Å². The second kappa shape index (κ2) is 5.34. The fourth-order valence-corrected chi connectivity index (χ4v) is 2.49. The molecule has 2 rings (SSSR count). The Bertz CT molecular complexity index is 487. The first kappa shape index (κ1) is 13.0. The number of rotatable bonds is 3. The van der Waals surface area contributed by atoms with E-state index in [1.165, 1.54) is 11.3 Å². The quantitative estimate of drug-likeness (QED) is 0.671. The smallest absolute Gasteiger partial charge is 0.250 e. The minimum absolute atomic E-state index is 0. The van der Waals surface area contributed by atoms with E-state index in [-0.39, 0.29) is 12.4 Å². The predicted molar refractivity (Wildman–Crippen MR) is 67.3 cm³/mol. The third-order valence-corrected chi connectivity index (χ3v) is 3.37. The van der Waals surface area contributed by atoms with Gasteiger partial charge in [0.2, 0.25) is 5.52 Å². The number of hydrogen-bond donors (Lipinski definition) is 1. The molecular weight excluding hydrogens is 248 g/mol. The highest BCUT2D eigenvalue weighted by Crippen LogP contribution is 2.24. The Hall–Kier alpha value is -1.04. The number of nitrogens with two attached hydrogens (primary N) is 1. The summed E-state index contributed by atoms with van der Waals surface area (Å²) in [5.41, 5.74) is 6.09. The number of thiazole rings is 1. The van der Waals surface area contributed by atoms with E-state index in [0.717, 1.165) is 14.4 Å². The van der Waals surface area contributed by atoms with E-state index < -0.39 is 0 Å². The summed E-state index contributed by atoms with van der Waals surface area (Å²) in [6, 6.07) is 5.50. The molecule has 4 nitrogen and oxygen atoms in total. The molecule has 2 aromatic rings. The number of fused-ring (bicyclic) bond motifs is 1. The van der Waals surface area contributed by atoms with Gasteiger partial charge in [0.1, 0.15) is 10.4 Å². The highest BCUT2D eigenvalue weighted by atomic mass is 35.5. The number of nitrogens with zero attached hydrogens (tertiary/aromatic N) is 1. The van der Waals surface area contributed by atoms with Gasteiger partial charge in [-0.25, -0.2) is 0 Å². The lowest BCUT2D eigenvalue weighted by Crippen LogP contribution is -2.30. The van der Waals surface area contributed by atoms with Gasteiger partial charge in [-0.1, -0.05) is 11.3 Å². The number of halogens is 1. The first-order valence-corrected chi connectivity index (χ1v) is 5.47. The van der Waals surface area contributed by atoms with Gasteiger partial charge in [-0.05, 0) is 12.1 Å². The molecule has 6 heteroatoms. The van der Waals surface area contributed by atoms with E-state index in [0.29, 0.717) is 24.2 Å². The van der Waals surface area contributed by atoms with E-state index in [1.54, 1.807) is 13.2 Å². The molecule has 0 spiro atoms. The van der Waals surface area contributed by atoms with Crippen molar-refractivity contribution < 1.29 is 9.47 Å². The van der Waals surface area contributed by atoms with Gasteiger partial charge in [0.25, 0.3) is 5.01 Å². The van der Waals surface area contributed by atoms with Crippen LogP contribution in [0.5, 0.6) is 5.75 Å². The predicted octanol–water partition coefficient (Wildman–Crippen LogP) is 1.47. The van der Waals surface area contributed by atoms with Crippen LogP contribution in [-0.4, -0.2) is 13.7 Å². The molecule has 0 aliphatic carbocycles. The minimum atomic E-state index is 0. The summed E-state index contributed by atoms with van der Waals surface area (Å²) in [6.45, 7) is 0.492. The van der Waals surface area contributed by atoms with Crippen molar-refractivity contribution in [2.75, 3.05) is 13.7 Å². The molecule has 0 bridgehead atoms. The maximum Gasteiger partial charge on any atom is 0.250 e. The highest BCUT2D eigenvalue weighted by Gasteiger charge is 2.15. The van der Waals surface area contributed by atoms with Gasteiger partial charge in [0, 0.05) is 6.54 Å². The maximum atomic E-state index is 11.8. The van der Waals surface area contributed by atoms with E-state index >= 15 is 0 Å². The van der Waals surface area contributed by atoms with Crippen molar-refractivity contribution >= 4 is 34.0 Å². The zero-order valence-electron chi connectivity index (χ0n) is 8.80. The average Bonchev–Trinajstić information content (AvgIpc) is 2.56. The van der Waals surface area contributed by atoms with Crippen LogP contribution in [0.25, 0.3) is 10.2 Å². The third-order valence-electron chi connectivity index (χ3n) is 2.20. The number of ether oxygens (including phenoxy) is 1. The van der Waals surface area contributed by atoms with Gasteiger partial charge in [0.15, 0.2) is 0 Å². The van der Waals surface area contributed by atoms with Crippen LogP contribution in [0.3, 0.4) is 0 Å². The van der Waals surface area contributed by atoms with Crippen LogP contribution < -0.4 is 15.2 Å². The number of aromatic nitrogens is 1. The third kappa shape index (κ3) is 2.21. The zero-order valence-corrected chi connectivity index (χ0v) is 10.4. The molecule has 16 heavy (non-hydrogen) atoms. The fourth-order valence-electron chi connectivity index (χ4n) is 1.45. The molecule has 0 aliphatic rings. The van der Waals surface area contributed by atoms with Crippen molar-refractivity contribution in [1.82, 2.24) is 0 Å². The second-order valence-corrected chi connectivity index (χ2v) is 4.28. The fraction of sp³-hybridized carbons (Fsp3) is 0.300. The van der Waals surface area contributed by atoms with Crippen LogP contribution in [0.15, 0.2) is 18.2 Å². The van der Waals surface area contributed by atoms with Crippen molar-refractivity contribution in [2.45, 2.75) is 6.42 Å². The van der Waals surface area contributed by atoms with Gasteiger partial charge in [-0.15, -0.1) is 12.4 Å². The van der Waals surface area contributed by atoms with Gasteiger partial charge >= 0.3 is 0 Å². The molecule has 0 saturated carbocycles. The Kier molecular flexibility index (Phi) is 4.35. The molecule has 1 aromatic heterocycles. The molecule has 2 N–H and O–H groups in total. The molecular formula is C10H13ClN2O2S. The Morgan fingerprint density at radius 3 is 2.88 bits per heavy atom. The van der Waals surface area contributed by atoms with E-state index in [2.05, 4.69) is 0 Å². The van der Waals surface area contributed by atoms with Crippen molar-refractivity contribution in [1.29, 1.82) is 0 Å². The lowest BCUT2D eigenvalue weighted by atomic mass is 10.3. The van der Waals surface area contributed by atoms with Crippen LogP contribution in [0, 0.1) is 5.21 Å². The van der Waals surface area contributed by atoms with Gasteiger partial charge < -0.3 is 15.7 Å². The number of hydrogen-bond acceptors (Lipinski definition) is 4. The molecule has 1 aromatic carbocycles. The molecule has 0 unspecified atom stereocenters. The summed E-state index contributed by atoms with van der Waals surface area (Å²) >= 11 is 1.48. The highest BCUT2D eigenvalue weighted by molar-refractivity contribution is 7.18. The lowest BCUT2D eigenvalue weighted by molar-refractivity contribution is -0.580. The monoisotopic (exact) mass is 260 g/mol. The minimum Gasteiger partial charge on any atom is -0.617 e. The molecule has 0 saturated heterocycles. The standard InChI is InChI=1S/C10H12N2O2S.ClH/c1-14-7-2-3-9-8(6-7)12(13)10(15-9)4-5-11;/h2-3,6H,4-5,11H2,1H3;1H. The van der Waals surface area contributed by atoms with Gasteiger partial charge in [-0.2, -0.15) is 4.73 Å². The van der Waals surface area contributed by atoms with E-state index in [1.807, 2.05) is 12.1 Å². The van der Waals surface area contributed by atoms with Gasteiger partial charge in [0.05, 0.1) is 19.6 Å². The summed E-state index contributed by atoms with van der Waals surface area (Å²) in [7, 11) is 1.59. The topological polar surface area (TPSA) is 62.2 Å². The summed E-state index contributed by atoms with van der Waals surface area (Å²) in [4.78, 5) is 0. The molecule has 1 heterocycles. The first-order chi connectivity index (χ1) is 7.26. The molecule has 0 radical (unpaired) electrons. The Morgan fingerprint density at radius 1 is 1.50 bits per heavy atom. The van der Waals surface area contributed by atoms with Crippen molar-refractivity contribution in [3.8, 4) is 5.75 Å². The van der Waals surface area contributed by atoms with Crippen molar-refractivity contribution in [2.24, 2.45) is 5.73 Å². The number of benzene rings is 1. The van der Waals surface area contributed by atoms with Crippen LogP contribution in [0.2, 0.25) is 0 Å². The largest absolute Gasteiger partial charge is 0.617 e. The Morgan fingerprint density at radius 2 is 2.25 bits per heavy atom. The average molecular weight is 261 g/mol. The number of methoxy groups -OCH3 is 1. The summed E-state index contributed by atoms with van der Waals surface area (Å²) < 4.78 is 6.98. The van der Waals surface area contributed by atoms with Crippen LogP contribution in [0.1, 0.15) is 5.01 Å². The van der Waals surface area contributed by atoms with Crippen LogP contribution in [0.4, 0.5) is 0 Å².